The van der Waals surface area contributed by atoms with Crippen molar-refractivity contribution in [2.45, 2.75) is 22.5 Å². The van der Waals surface area contributed by atoms with Gasteiger partial charge in [0, 0.05) is 13.1 Å². The van der Waals surface area contributed by atoms with E-state index in [4.69, 9.17) is 0 Å². The molecule has 0 aromatic carbocycles. The molecule has 106 valence electrons. The highest BCUT2D eigenvalue weighted by molar-refractivity contribution is 8.03. The van der Waals surface area contributed by atoms with Crippen LogP contribution in [0.1, 0.15) is 13.8 Å². The van der Waals surface area contributed by atoms with Gasteiger partial charge in [0.05, 0.1) is 11.5 Å². The Labute approximate surface area is 124 Å². The maximum absolute atomic E-state index is 11.3. The molecule has 0 aliphatic carbocycles. The minimum atomic E-state index is -0.0146. The van der Waals surface area contributed by atoms with Gasteiger partial charge in [0.2, 0.25) is 11.8 Å². The van der Waals surface area contributed by atoms with E-state index in [0.717, 1.165) is 8.68 Å². The minimum absolute atomic E-state index is 0.0146. The van der Waals surface area contributed by atoms with Crippen LogP contribution in [0.25, 0.3) is 0 Å². The maximum atomic E-state index is 11.3. The lowest BCUT2D eigenvalue weighted by Gasteiger charge is -1.98. The maximum Gasteiger partial charge on any atom is 0.230 e. The third kappa shape index (κ3) is 6.79. The quantitative estimate of drug-likeness (QED) is 0.695. The van der Waals surface area contributed by atoms with Crippen LogP contribution < -0.4 is 10.6 Å². The lowest BCUT2D eigenvalue weighted by Crippen LogP contribution is -2.24. The molecule has 2 amide bonds. The van der Waals surface area contributed by atoms with Crippen LogP contribution in [-0.4, -0.2) is 46.6 Å². The zero-order valence-corrected chi connectivity index (χ0v) is 13.2. The molecule has 0 fully saturated rings. The molecule has 1 aromatic heterocycles. The Balaban J connectivity index is 2.32. The molecule has 0 spiro atoms. The second-order valence-electron chi connectivity index (χ2n) is 3.32. The van der Waals surface area contributed by atoms with E-state index in [0.29, 0.717) is 24.6 Å². The Bertz CT molecular complexity index is 388. The van der Waals surface area contributed by atoms with Gasteiger partial charge in [-0.1, -0.05) is 34.9 Å². The van der Waals surface area contributed by atoms with Gasteiger partial charge < -0.3 is 10.6 Å². The number of amides is 2. The lowest BCUT2D eigenvalue weighted by atomic mass is 10.6. The first-order valence-electron chi connectivity index (χ1n) is 5.78. The number of nitrogens with zero attached hydrogens (tertiary/aromatic N) is 2. The van der Waals surface area contributed by atoms with Gasteiger partial charge in [-0.05, 0) is 13.8 Å². The van der Waals surface area contributed by atoms with Crippen LogP contribution in [0.5, 0.6) is 0 Å². The number of hydrogen-bond donors (Lipinski definition) is 2. The van der Waals surface area contributed by atoms with Gasteiger partial charge in [0.1, 0.15) is 0 Å². The summed E-state index contributed by atoms with van der Waals surface area (Å²) in [7, 11) is 0. The Kier molecular flexibility index (Phi) is 7.84. The topological polar surface area (TPSA) is 84.0 Å². The molecule has 0 radical (unpaired) electrons. The molecule has 0 aliphatic rings. The number of carbonyl (C=O) groups excluding carboxylic acids is 2. The number of rotatable bonds is 8. The summed E-state index contributed by atoms with van der Waals surface area (Å²) in [5, 5.41) is 13.4. The summed E-state index contributed by atoms with van der Waals surface area (Å²) in [6, 6.07) is 0. The van der Waals surface area contributed by atoms with Crippen molar-refractivity contribution in [1.82, 2.24) is 20.8 Å². The number of hydrogen-bond acceptors (Lipinski definition) is 7. The molecule has 0 aliphatic heterocycles. The van der Waals surface area contributed by atoms with E-state index in [1.165, 1.54) is 34.9 Å². The number of thioether (sulfide) groups is 2. The van der Waals surface area contributed by atoms with Crippen LogP contribution in [0.15, 0.2) is 8.68 Å². The fourth-order valence-corrected chi connectivity index (χ4v) is 3.74. The minimum Gasteiger partial charge on any atom is -0.356 e. The van der Waals surface area contributed by atoms with E-state index in [9.17, 15) is 9.59 Å². The van der Waals surface area contributed by atoms with Crippen molar-refractivity contribution in [2.75, 3.05) is 24.6 Å². The highest BCUT2D eigenvalue weighted by Crippen LogP contribution is 2.28. The van der Waals surface area contributed by atoms with Crippen LogP contribution in [0.4, 0.5) is 0 Å². The Hall–Kier alpha value is -0.800. The van der Waals surface area contributed by atoms with Crippen molar-refractivity contribution >= 4 is 46.7 Å². The van der Waals surface area contributed by atoms with Gasteiger partial charge in [-0.15, -0.1) is 10.2 Å². The van der Waals surface area contributed by atoms with Gasteiger partial charge in [-0.25, -0.2) is 0 Å². The van der Waals surface area contributed by atoms with Gasteiger partial charge in [0.25, 0.3) is 0 Å². The third-order valence-electron chi connectivity index (χ3n) is 1.79. The summed E-state index contributed by atoms with van der Waals surface area (Å²) >= 11 is 4.10. The Morgan fingerprint density at radius 3 is 1.79 bits per heavy atom. The molecule has 19 heavy (non-hydrogen) atoms. The highest BCUT2D eigenvalue weighted by Gasteiger charge is 2.09. The molecule has 0 bridgehead atoms. The molecule has 0 saturated heterocycles. The first kappa shape index (κ1) is 16.3. The standard InChI is InChI=1S/C10H16N4O2S3/c1-3-11-7(15)5-17-9-13-14-10(19-9)18-6-8(16)12-4-2/h3-6H2,1-2H3,(H,11,15)(H,12,16). The Morgan fingerprint density at radius 1 is 1.00 bits per heavy atom. The van der Waals surface area contributed by atoms with E-state index < -0.39 is 0 Å². The zero-order chi connectivity index (χ0) is 14.1. The summed E-state index contributed by atoms with van der Waals surface area (Å²) in [6.45, 7) is 5.01. The van der Waals surface area contributed by atoms with E-state index in [-0.39, 0.29) is 11.8 Å². The highest BCUT2D eigenvalue weighted by atomic mass is 32.2. The first-order chi connectivity index (χ1) is 9.15. The molecule has 6 nitrogen and oxygen atoms in total. The largest absolute Gasteiger partial charge is 0.356 e. The molecule has 1 rings (SSSR count). The SMILES string of the molecule is CCNC(=O)CSc1nnc(SCC(=O)NCC)s1. The average Bonchev–Trinajstić information content (AvgIpc) is 2.83. The third-order valence-corrected chi connectivity index (χ3v) is 4.98. The van der Waals surface area contributed by atoms with Crippen molar-refractivity contribution in [3.63, 3.8) is 0 Å². The van der Waals surface area contributed by atoms with Crippen LogP contribution in [0.3, 0.4) is 0 Å². The first-order valence-corrected chi connectivity index (χ1v) is 8.57. The van der Waals surface area contributed by atoms with E-state index in [1.807, 2.05) is 13.8 Å². The summed E-state index contributed by atoms with van der Waals surface area (Å²) in [4.78, 5) is 22.6. The predicted octanol–water partition coefficient (Wildman–Crippen LogP) is 0.995. The monoisotopic (exact) mass is 320 g/mol. The molecule has 1 heterocycles. The van der Waals surface area contributed by atoms with E-state index in [1.54, 1.807) is 0 Å². The molecule has 9 heteroatoms. The second-order valence-corrected chi connectivity index (χ2v) is 6.74. The summed E-state index contributed by atoms with van der Waals surface area (Å²) in [6.07, 6.45) is 0. The Morgan fingerprint density at radius 2 is 1.42 bits per heavy atom. The van der Waals surface area contributed by atoms with Gasteiger partial charge in [0.15, 0.2) is 8.68 Å². The van der Waals surface area contributed by atoms with Gasteiger partial charge in [-0.2, -0.15) is 0 Å². The fraction of sp³-hybridized carbons (Fsp3) is 0.600. The van der Waals surface area contributed by atoms with E-state index >= 15 is 0 Å². The summed E-state index contributed by atoms with van der Waals surface area (Å²) < 4.78 is 1.48. The molecular formula is C10H16N4O2S3. The average molecular weight is 320 g/mol. The van der Waals surface area contributed by atoms with Crippen LogP contribution >= 0.6 is 34.9 Å². The van der Waals surface area contributed by atoms with Crippen molar-refractivity contribution in [2.24, 2.45) is 0 Å². The number of nitrogens with one attached hydrogen (secondary N) is 2. The fourth-order valence-electron chi connectivity index (χ4n) is 1.06. The molecule has 0 saturated carbocycles. The van der Waals surface area contributed by atoms with Crippen LogP contribution in [0, 0.1) is 0 Å². The molecule has 2 N–H and O–H groups in total. The van der Waals surface area contributed by atoms with Crippen LogP contribution in [-0.2, 0) is 9.59 Å². The second kappa shape index (κ2) is 9.16. The van der Waals surface area contributed by atoms with Crippen molar-refractivity contribution in [1.29, 1.82) is 0 Å². The molecule has 0 atom stereocenters. The van der Waals surface area contributed by atoms with E-state index in [2.05, 4.69) is 20.8 Å². The molecule has 1 aromatic rings. The van der Waals surface area contributed by atoms with Gasteiger partial charge in [-0.3, -0.25) is 9.59 Å². The lowest BCUT2D eigenvalue weighted by molar-refractivity contribution is -0.119. The number of carbonyl (C=O) groups is 2. The van der Waals surface area contributed by atoms with Gasteiger partial charge >= 0.3 is 0 Å². The summed E-state index contributed by atoms with van der Waals surface area (Å²) in [5.74, 6) is 0.644. The smallest absolute Gasteiger partial charge is 0.230 e. The molecular weight excluding hydrogens is 304 g/mol. The number of aromatic nitrogens is 2. The normalized spacial score (nSPS) is 10.2. The van der Waals surface area contributed by atoms with Crippen molar-refractivity contribution < 1.29 is 9.59 Å². The summed E-state index contributed by atoms with van der Waals surface area (Å²) in [5.41, 5.74) is 0. The van der Waals surface area contributed by atoms with Crippen molar-refractivity contribution in [3.05, 3.63) is 0 Å². The zero-order valence-electron chi connectivity index (χ0n) is 10.8. The predicted molar refractivity (Wildman–Crippen MR) is 78.7 cm³/mol. The molecule has 0 unspecified atom stereocenters. The van der Waals surface area contributed by atoms with Crippen LogP contribution in [0.2, 0.25) is 0 Å². The van der Waals surface area contributed by atoms with Crippen molar-refractivity contribution in [3.8, 4) is 0 Å².